The summed E-state index contributed by atoms with van der Waals surface area (Å²) in [5.74, 6) is -4.29. The maximum Gasteiger partial charge on any atom is 0.237 e. The molecule has 35 heavy (non-hydrogen) atoms. The average Bonchev–Trinajstić information content (AvgIpc) is 3.44. The number of nitrogens with zero attached hydrogens (tertiary/aromatic N) is 1. The van der Waals surface area contributed by atoms with Crippen molar-refractivity contribution < 1.29 is 23.9 Å². The fourth-order valence-corrected chi connectivity index (χ4v) is 5.76. The summed E-state index contributed by atoms with van der Waals surface area (Å²) in [5, 5.41) is 0.497. The number of hydrogen-bond acceptors (Lipinski definition) is 5. The Hall–Kier alpha value is -3.61. The lowest BCUT2D eigenvalue weighted by molar-refractivity contribution is -0.144. The lowest BCUT2D eigenvalue weighted by Crippen LogP contribution is -2.51. The number of fused-ring (bicyclic) bond motifs is 3. The van der Waals surface area contributed by atoms with E-state index in [4.69, 9.17) is 16.3 Å². The topological polar surface area (TPSA) is 80.8 Å². The van der Waals surface area contributed by atoms with Crippen LogP contribution in [0.3, 0.4) is 0 Å². The van der Waals surface area contributed by atoms with Gasteiger partial charge in [0.1, 0.15) is 0 Å². The zero-order valence-corrected chi connectivity index (χ0v) is 19.3. The van der Waals surface area contributed by atoms with Gasteiger partial charge in [-0.05, 0) is 29.7 Å². The highest BCUT2D eigenvalue weighted by Crippen LogP contribution is 2.57. The largest absolute Gasteiger partial charge is 0.349 e. The number of amides is 2. The molecule has 0 radical (unpaired) electrons. The molecule has 2 fully saturated rings. The molecule has 3 aromatic carbocycles. The number of ether oxygens (including phenoxy) is 1. The molecule has 3 aliphatic rings. The van der Waals surface area contributed by atoms with E-state index in [1.165, 1.54) is 4.90 Å². The fourth-order valence-electron chi connectivity index (χ4n) is 5.64. The Labute approximate surface area is 206 Å². The van der Waals surface area contributed by atoms with Crippen LogP contribution in [0.15, 0.2) is 78.9 Å². The van der Waals surface area contributed by atoms with Crippen LogP contribution in [-0.2, 0) is 20.7 Å². The molecule has 174 valence electrons. The lowest BCUT2D eigenvalue weighted by atomic mass is 9.77. The summed E-state index contributed by atoms with van der Waals surface area (Å²) in [6, 6.07) is 22.7. The minimum Gasteiger partial charge on any atom is -0.349 e. The Bertz CT molecular complexity index is 1350. The number of ketones is 2. The van der Waals surface area contributed by atoms with Crippen LogP contribution in [0, 0.1) is 11.8 Å². The number of carbonyl (C=O) groups is 4. The molecular weight excluding hydrogens is 466 g/mol. The van der Waals surface area contributed by atoms with E-state index in [9.17, 15) is 19.2 Å². The van der Waals surface area contributed by atoms with E-state index >= 15 is 0 Å². The van der Waals surface area contributed by atoms with Gasteiger partial charge in [0.2, 0.25) is 29.0 Å². The molecule has 6 rings (SSSR count). The van der Waals surface area contributed by atoms with Crippen LogP contribution in [0.25, 0.3) is 0 Å². The Morgan fingerprint density at radius 2 is 1.37 bits per heavy atom. The Balaban J connectivity index is 1.44. The zero-order chi connectivity index (χ0) is 24.3. The quantitative estimate of drug-likeness (QED) is 0.411. The molecule has 0 bridgehead atoms. The minimum absolute atomic E-state index is 0.160. The standard InChI is InChI=1S/C28H20ClNO5/c29-18-12-10-17(11-13-18)23-21-22(27(34)30(26(21)33)15-14-16-6-2-1-3-7-16)28(35-23)24(31)19-8-4-5-9-20(19)25(28)32/h1-13,21-23H,14-15H2/t21-,22-,23-/m0/s1. The lowest BCUT2D eigenvalue weighted by Gasteiger charge is -2.27. The molecule has 6 nitrogen and oxygen atoms in total. The summed E-state index contributed by atoms with van der Waals surface area (Å²) in [6.07, 6.45) is -0.461. The molecule has 3 aromatic rings. The number of rotatable bonds is 4. The van der Waals surface area contributed by atoms with Crippen molar-refractivity contribution in [3.8, 4) is 0 Å². The highest BCUT2D eigenvalue weighted by atomic mass is 35.5. The van der Waals surface area contributed by atoms with Gasteiger partial charge in [0.25, 0.3) is 0 Å². The fraction of sp³-hybridized carbons (Fsp3) is 0.214. The summed E-state index contributed by atoms with van der Waals surface area (Å²) in [6.45, 7) is 0.160. The van der Waals surface area contributed by atoms with Gasteiger partial charge in [-0.3, -0.25) is 24.1 Å². The van der Waals surface area contributed by atoms with Crippen LogP contribution >= 0.6 is 11.6 Å². The Morgan fingerprint density at radius 3 is 2.00 bits per heavy atom. The molecule has 3 atom stereocenters. The predicted octanol–water partition coefficient (Wildman–Crippen LogP) is 4.07. The third-order valence-corrected chi connectivity index (χ3v) is 7.53. The number of benzene rings is 3. The van der Waals surface area contributed by atoms with Crippen molar-refractivity contribution in [1.82, 2.24) is 4.90 Å². The second-order valence-corrected chi connectivity index (χ2v) is 9.53. The van der Waals surface area contributed by atoms with Gasteiger partial charge in [0.05, 0.1) is 17.9 Å². The molecule has 0 N–H and O–H groups in total. The second kappa shape index (κ2) is 7.97. The smallest absolute Gasteiger partial charge is 0.237 e. The molecule has 2 amide bonds. The van der Waals surface area contributed by atoms with E-state index in [1.807, 2.05) is 30.3 Å². The van der Waals surface area contributed by atoms with E-state index < -0.39 is 46.9 Å². The van der Waals surface area contributed by atoms with Crippen molar-refractivity contribution in [2.45, 2.75) is 18.1 Å². The first-order chi connectivity index (χ1) is 16.9. The van der Waals surface area contributed by atoms with Crippen molar-refractivity contribution in [2.75, 3.05) is 6.54 Å². The van der Waals surface area contributed by atoms with Gasteiger partial charge in [-0.1, -0.05) is 78.3 Å². The van der Waals surface area contributed by atoms with E-state index in [0.717, 1.165) is 5.56 Å². The van der Waals surface area contributed by atoms with Crippen molar-refractivity contribution >= 4 is 35.0 Å². The molecular formula is C28H20ClNO5. The first-order valence-electron chi connectivity index (χ1n) is 11.4. The number of carbonyl (C=O) groups excluding carboxylic acids is 4. The maximum atomic E-state index is 13.8. The van der Waals surface area contributed by atoms with Crippen LogP contribution in [-0.4, -0.2) is 40.4 Å². The second-order valence-electron chi connectivity index (χ2n) is 9.10. The van der Waals surface area contributed by atoms with Gasteiger partial charge in [-0.2, -0.15) is 0 Å². The number of Topliss-reactive ketones (excluding diaryl/α,β-unsaturated/α-hetero) is 2. The number of likely N-dealkylation sites (tertiary alicyclic amines) is 1. The SMILES string of the molecule is O=C1[C@H]2[C@@H](C(=O)N1CCc1ccccc1)C1(O[C@H]2c2ccc(Cl)cc2)C(=O)c2ccccc2C1=O. The first-order valence-corrected chi connectivity index (χ1v) is 11.8. The van der Waals surface area contributed by atoms with Gasteiger partial charge in [-0.15, -0.1) is 0 Å². The molecule has 0 unspecified atom stereocenters. The number of imide groups is 1. The van der Waals surface area contributed by atoms with E-state index in [1.54, 1.807) is 48.5 Å². The van der Waals surface area contributed by atoms with Crippen molar-refractivity contribution in [3.63, 3.8) is 0 Å². The zero-order valence-electron chi connectivity index (χ0n) is 18.5. The van der Waals surface area contributed by atoms with Gasteiger partial charge in [0.15, 0.2) is 0 Å². The normalized spacial score (nSPS) is 24.4. The molecule has 0 aromatic heterocycles. The van der Waals surface area contributed by atoms with Gasteiger partial charge < -0.3 is 4.74 Å². The molecule has 7 heteroatoms. The van der Waals surface area contributed by atoms with Gasteiger partial charge >= 0.3 is 0 Å². The van der Waals surface area contributed by atoms with Crippen molar-refractivity contribution in [3.05, 3.63) is 106 Å². The van der Waals surface area contributed by atoms with Gasteiger partial charge in [0, 0.05) is 22.7 Å². The van der Waals surface area contributed by atoms with E-state index in [0.29, 0.717) is 17.0 Å². The summed E-state index contributed by atoms with van der Waals surface area (Å²) in [5.41, 5.74) is -0.0472. The van der Waals surface area contributed by atoms with Crippen LogP contribution in [0.5, 0.6) is 0 Å². The van der Waals surface area contributed by atoms with Crippen LogP contribution in [0.4, 0.5) is 0 Å². The van der Waals surface area contributed by atoms with E-state index in [-0.39, 0.29) is 17.7 Å². The molecule has 1 spiro atoms. The third-order valence-electron chi connectivity index (χ3n) is 7.28. The predicted molar refractivity (Wildman–Crippen MR) is 127 cm³/mol. The number of hydrogen-bond donors (Lipinski definition) is 0. The average molecular weight is 486 g/mol. The van der Waals surface area contributed by atoms with Crippen LogP contribution < -0.4 is 0 Å². The summed E-state index contributed by atoms with van der Waals surface area (Å²) < 4.78 is 6.25. The molecule has 2 saturated heterocycles. The van der Waals surface area contributed by atoms with Crippen LogP contribution in [0.2, 0.25) is 5.02 Å². The summed E-state index contributed by atoms with van der Waals surface area (Å²) >= 11 is 6.05. The summed E-state index contributed by atoms with van der Waals surface area (Å²) in [4.78, 5) is 56.0. The van der Waals surface area contributed by atoms with Crippen molar-refractivity contribution in [1.29, 1.82) is 0 Å². The highest BCUT2D eigenvalue weighted by molar-refractivity contribution is 6.35. The first kappa shape index (κ1) is 21.9. The van der Waals surface area contributed by atoms with E-state index in [2.05, 4.69) is 0 Å². The maximum absolute atomic E-state index is 13.8. The molecule has 0 saturated carbocycles. The van der Waals surface area contributed by atoms with Gasteiger partial charge in [-0.25, -0.2) is 0 Å². The van der Waals surface area contributed by atoms with Crippen LogP contribution in [0.1, 0.15) is 37.9 Å². The molecule has 2 heterocycles. The van der Waals surface area contributed by atoms with Crippen molar-refractivity contribution in [2.24, 2.45) is 11.8 Å². The molecule has 2 aliphatic heterocycles. The minimum atomic E-state index is -2.05. The summed E-state index contributed by atoms with van der Waals surface area (Å²) in [7, 11) is 0. The third kappa shape index (κ3) is 3.07. The Morgan fingerprint density at radius 1 is 0.771 bits per heavy atom. The molecule has 1 aliphatic carbocycles. The monoisotopic (exact) mass is 485 g/mol. The Kier molecular flexibility index (Phi) is 4.99. The number of halogens is 1. The highest BCUT2D eigenvalue weighted by Gasteiger charge is 2.74.